The number of thiophene rings is 1. The number of rotatable bonds is 4. The lowest BCUT2D eigenvalue weighted by molar-refractivity contribution is -0.124. The number of Topliss-reactive ketones (excluding diaryl/α,β-unsaturated/α-hetero) is 1. The number of ketones is 1. The lowest BCUT2D eigenvalue weighted by atomic mass is 9.69. The molecule has 2 aromatic carbocycles. The maximum absolute atomic E-state index is 13.8. The van der Waals surface area contributed by atoms with Gasteiger partial charge in [-0.3, -0.25) is 9.79 Å². The summed E-state index contributed by atoms with van der Waals surface area (Å²) in [6.45, 7) is 5.82. The SMILES string of the molecule is C#Cc1cccc(-c2csc([C@@]3(C)N=C(N)C(CC)C(=O)[C@@H]3c3cccc(C#N)c3C)c2)c1. The van der Waals surface area contributed by atoms with Crippen molar-refractivity contribution in [2.24, 2.45) is 16.6 Å². The number of benzene rings is 2. The van der Waals surface area contributed by atoms with Gasteiger partial charge in [0.25, 0.3) is 0 Å². The first kappa shape index (κ1) is 22.5. The average Bonchev–Trinajstić information content (AvgIpc) is 3.31. The van der Waals surface area contributed by atoms with E-state index in [1.54, 1.807) is 17.4 Å². The summed E-state index contributed by atoms with van der Waals surface area (Å²) in [6.07, 6.45) is 6.17. The molecule has 3 aromatic rings. The third-order valence-corrected chi connectivity index (χ3v) is 7.74. The Kier molecular flexibility index (Phi) is 5.93. The van der Waals surface area contributed by atoms with Gasteiger partial charge in [-0.25, -0.2) is 0 Å². The molecule has 5 heteroatoms. The van der Waals surface area contributed by atoms with Crippen molar-refractivity contribution in [1.82, 2.24) is 0 Å². The number of amidine groups is 1. The van der Waals surface area contributed by atoms with E-state index in [1.165, 1.54) is 0 Å². The molecule has 33 heavy (non-hydrogen) atoms. The van der Waals surface area contributed by atoms with E-state index in [-0.39, 0.29) is 5.78 Å². The third kappa shape index (κ3) is 3.75. The molecule has 0 saturated heterocycles. The zero-order valence-electron chi connectivity index (χ0n) is 18.9. The van der Waals surface area contributed by atoms with Crippen LogP contribution in [0.5, 0.6) is 0 Å². The highest BCUT2D eigenvalue weighted by Gasteiger charge is 2.49. The highest BCUT2D eigenvalue weighted by Crippen LogP contribution is 2.49. The van der Waals surface area contributed by atoms with Crippen molar-refractivity contribution in [3.8, 4) is 29.5 Å². The summed E-state index contributed by atoms with van der Waals surface area (Å²) in [5.41, 5.74) is 10.5. The summed E-state index contributed by atoms with van der Waals surface area (Å²) in [6, 6.07) is 17.7. The standard InChI is InChI=1S/C28H25N3OS/c1-5-18-9-7-10-19(13-18)21-14-24(33-16-21)28(4)25(26(32)22(6-2)27(30)31-28)23-12-8-11-20(15-29)17(23)3/h1,7-14,16,22,25H,6H2,2-4H3,(H2,30,31)/t22?,25-,28+/m0/s1. The number of terminal acetylenes is 1. The Morgan fingerprint density at radius 1 is 1.21 bits per heavy atom. The molecule has 0 amide bonds. The molecule has 0 aliphatic carbocycles. The first-order chi connectivity index (χ1) is 15.8. The van der Waals surface area contributed by atoms with Crippen LogP contribution in [0, 0.1) is 36.5 Å². The van der Waals surface area contributed by atoms with Crippen LogP contribution >= 0.6 is 11.3 Å². The molecule has 2 heterocycles. The number of aliphatic imine (C=N–C) groups is 1. The maximum atomic E-state index is 13.8. The number of nitrogens with two attached hydrogens (primary N) is 1. The van der Waals surface area contributed by atoms with Crippen LogP contribution in [0.4, 0.5) is 0 Å². The van der Waals surface area contributed by atoms with Crippen LogP contribution in [-0.2, 0) is 10.3 Å². The molecular formula is C28H25N3OS. The number of carbonyl (C=O) groups excluding carboxylic acids is 1. The normalized spacial score (nSPS) is 22.3. The fraction of sp³-hybridized carbons (Fsp3) is 0.250. The van der Waals surface area contributed by atoms with Gasteiger partial charge < -0.3 is 5.73 Å². The largest absolute Gasteiger partial charge is 0.387 e. The van der Waals surface area contributed by atoms with Gasteiger partial charge in [0, 0.05) is 10.4 Å². The molecule has 0 saturated carbocycles. The Bertz CT molecular complexity index is 1350. The van der Waals surface area contributed by atoms with E-state index in [1.807, 2.05) is 57.2 Å². The number of carbonyl (C=O) groups is 1. The van der Waals surface area contributed by atoms with E-state index in [0.29, 0.717) is 17.8 Å². The summed E-state index contributed by atoms with van der Waals surface area (Å²) in [7, 11) is 0. The molecule has 4 rings (SSSR count). The van der Waals surface area contributed by atoms with E-state index < -0.39 is 17.4 Å². The molecule has 1 unspecified atom stereocenters. The summed E-state index contributed by atoms with van der Waals surface area (Å²) in [4.78, 5) is 19.7. The predicted molar refractivity (Wildman–Crippen MR) is 134 cm³/mol. The van der Waals surface area contributed by atoms with Crippen molar-refractivity contribution in [1.29, 1.82) is 5.26 Å². The molecule has 1 aliphatic heterocycles. The summed E-state index contributed by atoms with van der Waals surface area (Å²) in [5, 5.41) is 11.6. The van der Waals surface area contributed by atoms with Gasteiger partial charge in [-0.2, -0.15) is 5.26 Å². The second-order valence-corrected chi connectivity index (χ2v) is 9.45. The molecule has 3 atom stereocenters. The van der Waals surface area contributed by atoms with E-state index in [0.717, 1.165) is 32.7 Å². The quantitative estimate of drug-likeness (QED) is 0.529. The minimum Gasteiger partial charge on any atom is -0.387 e. The number of nitriles is 1. The number of hydrogen-bond acceptors (Lipinski definition) is 5. The summed E-state index contributed by atoms with van der Waals surface area (Å²) >= 11 is 1.56. The van der Waals surface area contributed by atoms with Crippen LogP contribution in [0.2, 0.25) is 0 Å². The van der Waals surface area contributed by atoms with Crippen molar-refractivity contribution in [3.63, 3.8) is 0 Å². The molecular weight excluding hydrogens is 426 g/mol. The molecule has 1 aliphatic rings. The van der Waals surface area contributed by atoms with Crippen molar-refractivity contribution in [3.05, 3.63) is 81.0 Å². The van der Waals surface area contributed by atoms with Gasteiger partial charge in [0.05, 0.1) is 23.5 Å². The second kappa shape index (κ2) is 8.70. The van der Waals surface area contributed by atoms with Crippen molar-refractivity contribution in [2.45, 2.75) is 38.6 Å². The minimum absolute atomic E-state index is 0.0509. The lowest BCUT2D eigenvalue weighted by Crippen LogP contribution is -2.47. The molecule has 0 spiro atoms. The van der Waals surface area contributed by atoms with E-state index in [9.17, 15) is 10.1 Å². The Morgan fingerprint density at radius 3 is 2.67 bits per heavy atom. The highest BCUT2D eigenvalue weighted by atomic mass is 32.1. The van der Waals surface area contributed by atoms with Gasteiger partial charge in [-0.1, -0.05) is 37.1 Å². The average molecular weight is 452 g/mol. The fourth-order valence-electron chi connectivity index (χ4n) is 4.73. The van der Waals surface area contributed by atoms with Crippen molar-refractivity contribution >= 4 is 23.0 Å². The minimum atomic E-state index is -0.877. The van der Waals surface area contributed by atoms with E-state index in [4.69, 9.17) is 17.1 Å². The van der Waals surface area contributed by atoms with Gasteiger partial charge in [0.15, 0.2) is 5.78 Å². The zero-order chi connectivity index (χ0) is 23.8. The van der Waals surface area contributed by atoms with Crippen LogP contribution in [0.3, 0.4) is 0 Å². The molecule has 4 nitrogen and oxygen atoms in total. The fourth-order valence-corrected chi connectivity index (χ4v) is 5.78. The van der Waals surface area contributed by atoms with Gasteiger partial charge in [0.2, 0.25) is 0 Å². The maximum Gasteiger partial charge on any atom is 0.153 e. The molecule has 0 fully saturated rings. The first-order valence-corrected chi connectivity index (χ1v) is 11.8. The smallest absolute Gasteiger partial charge is 0.153 e. The number of nitrogens with zero attached hydrogens (tertiary/aromatic N) is 2. The highest BCUT2D eigenvalue weighted by molar-refractivity contribution is 7.10. The van der Waals surface area contributed by atoms with Gasteiger partial charge in [-0.15, -0.1) is 17.8 Å². The van der Waals surface area contributed by atoms with Gasteiger partial charge in [0.1, 0.15) is 11.4 Å². The van der Waals surface area contributed by atoms with Crippen LogP contribution in [0.15, 0.2) is 58.9 Å². The van der Waals surface area contributed by atoms with Gasteiger partial charge >= 0.3 is 0 Å². The van der Waals surface area contributed by atoms with Crippen LogP contribution < -0.4 is 5.73 Å². The molecule has 164 valence electrons. The van der Waals surface area contributed by atoms with Crippen LogP contribution in [-0.4, -0.2) is 11.6 Å². The lowest BCUT2D eigenvalue weighted by Gasteiger charge is -2.40. The first-order valence-electron chi connectivity index (χ1n) is 10.9. The zero-order valence-corrected chi connectivity index (χ0v) is 19.7. The monoisotopic (exact) mass is 451 g/mol. The number of hydrogen-bond donors (Lipinski definition) is 1. The van der Waals surface area contributed by atoms with Crippen LogP contribution in [0.1, 0.15) is 53.3 Å². The topological polar surface area (TPSA) is 79.2 Å². The Balaban J connectivity index is 1.90. The third-order valence-electron chi connectivity index (χ3n) is 6.58. The van der Waals surface area contributed by atoms with Gasteiger partial charge in [-0.05, 0) is 72.2 Å². The summed E-state index contributed by atoms with van der Waals surface area (Å²) < 4.78 is 0. The Hall–Kier alpha value is -3.67. The summed E-state index contributed by atoms with van der Waals surface area (Å²) in [5.74, 6) is 2.14. The molecule has 2 N–H and O–H groups in total. The Labute approximate surface area is 198 Å². The molecule has 1 aromatic heterocycles. The van der Waals surface area contributed by atoms with E-state index in [2.05, 4.69) is 23.4 Å². The molecule has 0 bridgehead atoms. The predicted octanol–water partition coefficient (Wildman–Crippen LogP) is 5.54. The van der Waals surface area contributed by atoms with Crippen LogP contribution in [0.25, 0.3) is 11.1 Å². The Morgan fingerprint density at radius 2 is 1.97 bits per heavy atom. The van der Waals surface area contributed by atoms with E-state index >= 15 is 0 Å². The van der Waals surface area contributed by atoms with Crippen molar-refractivity contribution < 1.29 is 4.79 Å². The van der Waals surface area contributed by atoms with Crippen molar-refractivity contribution in [2.75, 3.05) is 0 Å². The second-order valence-electron chi connectivity index (χ2n) is 8.54. The molecule has 0 radical (unpaired) electrons.